The predicted octanol–water partition coefficient (Wildman–Crippen LogP) is 3.09. The van der Waals surface area contributed by atoms with Crippen LogP contribution in [0.3, 0.4) is 0 Å². The van der Waals surface area contributed by atoms with E-state index >= 15 is 0 Å². The largest absolute Gasteiger partial charge is 0.465 e. The van der Waals surface area contributed by atoms with Crippen molar-refractivity contribution >= 4 is 17.8 Å². The van der Waals surface area contributed by atoms with Gasteiger partial charge in [0, 0.05) is 13.1 Å². The van der Waals surface area contributed by atoms with Crippen LogP contribution >= 0.6 is 0 Å². The van der Waals surface area contributed by atoms with E-state index in [4.69, 9.17) is 9.47 Å². The lowest BCUT2D eigenvalue weighted by Gasteiger charge is -2.39. The zero-order valence-electron chi connectivity index (χ0n) is 22.4. The predicted molar refractivity (Wildman–Crippen MR) is 137 cm³/mol. The van der Waals surface area contributed by atoms with Crippen LogP contribution in [0, 0.1) is 17.8 Å². The molecule has 202 valence electrons. The Balaban J connectivity index is 2.07. The fraction of sp³-hybridized carbons (Fsp3) is 0.750. The maximum absolute atomic E-state index is 14.2. The number of nitrogens with zero attached hydrogens (tertiary/aromatic N) is 2. The zero-order valence-corrected chi connectivity index (χ0v) is 22.4. The first-order valence-electron chi connectivity index (χ1n) is 13.5. The SMILES string of the molecule is C=CCCOC(=O)[C@H]1[C@H]2C(=O)N([C@@H](CC)CO)C(C(=O)N(CC=C)CCCCC)C23CC(C)[C@]1(C)O3. The van der Waals surface area contributed by atoms with E-state index < -0.39 is 41.1 Å². The molecular formula is C28H44N2O6. The first-order chi connectivity index (χ1) is 17.2. The number of fused-ring (bicyclic) bond motifs is 1. The van der Waals surface area contributed by atoms with Crippen LogP contribution in [0.4, 0.5) is 0 Å². The topological polar surface area (TPSA) is 96.4 Å². The van der Waals surface area contributed by atoms with Crippen LogP contribution in [-0.2, 0) is 23.9 Å². The number of aliphatic hydroxyl groups is 1. The van der Waals surface area contributed by atoms with E-state index in [0.717, 1.165) is 19.3 Å². The number of hydrogen-bond donors (Lipinski definition) is 1. The van der Waals surface area contributed by atoms with Gasteiger partial charge in [0.1, 0.15) is 17.6 Å². The summed E-state index contributed by atoms with van der Waals surface area (Å²) in [7, 11) is 0. The third-order valence-corrected chi connectivity index (χ3v) is 8.57. The molecule has 3 aliphatic rings. The summed E-state index contributed by atoms with van der Waals surface area (Å²) in [5, 5.41) is 10.2. The number of carbonyl (C=O) groups is 3. The van der Waals surface area contributed by atoms with Crippen LogP contribution in [0.5, 0.6) is 0 Å². The van der Waals surface area contributed by atoms with E-state index in [1.54, 1.807) is 17.1 Å². The van der Waals surface area contributed by atoms with Gasteiger partial charge in [-0.05, 0) is 38.5 Å². The molecule has 36 heavy (non-hydrogen) atoms. The summed E-state index contributed by atoms with van der Waals surface area (Å²) >= 11 is 0. The lowest BCUT2D eigenvalue weighted by atomic mass is 9.62. The molecule has 0 saturated carbocycles. The summed E-state index contributed by atoms with van der Waals surface area (Å²) in [6, 6.07) is -1.46. The molecule has 8 nitrogen and oxygen atoms in total. The monoisotopic (exact) mass is 504 g/mol. The van der Waals surface area contributed by atoms with E-state index in [-0.39, 0.29) is 30.9 Å². The number of unbranched alkanes of at least 4 members (excludes halogenated alkanes) is 2. The molecule has 3 saturated heterocycles. The van der Waals surface area contributed by atoms with E-state index in [1.165, 1.54) is 4.90 Å². The highest BCUT2D eigenvalue weighted by atomic mass is 16.6. The van der Waals surface area contributed by atoms with E-state index in [1.807, 2.05) is 20.8 Å². The Morgan fingerprint density at radius 3 is 2.61 bits per heavy atom. The summed E-state index contributed by atoms with van der Waals surface area (Å²) in [6.45, 7) is 16.2. The third kappa shape index (κ3) is 4.51. The van der Waals surface area contributed by atoms with Crippen LogP contribution in [0.1, 0.15) is 66.2 Å². The average molecular weight is 505 g/mol. The molecule has 0 aromatic rings. The zero-order chi connectivity index (χ0) is 26.7. The van der Waals surface area contributed by atoms with E-state index in [9.17, 15) is 19.5 Å². The Morgan fingerprint density at radius 2 is 2.03 bits per heavy atom. The molecule has 3 rings (SSSR count). The van der Waals surface area contributed by atoms with Gasteiger partial charge in [-0.3, -0.25) is 14.4 Å². The molecule has 0 aliphatic carbocycles. The smallest absolute Gasteiger partial charge is 0.312 e. The van der Waals surface area contributed by atoms with Crippen LogP contribution in [0.2, 0.25) is 0 Å². The molecule has 1 N–H and O–H groups in total. The van der Waals surface area contributed by atoms with Gasteiger partial charge in [0.05, 0.1) is 30.8 Å². The number of rotatable bonds is 14. The molecule has 2 bridgehead atoms. The number of aliphatic hydroxyl groups excluding tert-OH is 1. The second kappa shape index (κ2) is 11.5. The van der Waals surface area contributed by atoms with Crippen LogP contribution in [-0.4, -0.2) is 82.3 Å². The average Bonchev–Trinajstić information content (AvgIpc) is 3.36. The number of amides is 2. The van der Waals surface area contributed by atoms with Gasteiger partial charge < -0.3 is 24.4 Å². The second-order valence-corrected chi connectivity index (χ2v) is 10.7. The number of ether oxygens (including phenoxy) is 2. The highest BCUT2D eigenvalue weighted by molar-refractivity contribution is 5.98. The van der Waals surface area contributed by atoms with Crippen molar-refractivity contribution in [2.45, 2.75) is 89.5 Å². The first-order valence-corrected chi connectivity index (χ1v) is 13.5. The summed E-state index contributed by atoms with van der Waals surface area (Å²) in [6.07, 6.45) is 7.70. The normalized spacial score (nSPS) is 33.4. The fourth-order valence-corrected chi connectivity index (χ4v) is 6.63. The molecule has 0 radical (unpaired) electrons. The van der Waals surface area contributed by atoms with Crippen LogP contribution in [0.25, 0.3) is 0 Å². The molecule has 3 aliphatic heterocycles. The fourth-order valence-electron chi connectivity index (χ4n) is 6.63. The Bertz CT molecular complexity index is 857. The number of esters is 1. The van der Waals surface area contributed by atoms with Crippen molar-refractivity contribution in [3.8, 4) is 0 Å². The van der Waals surface area contributed by atoms with E-state index in [2.05, 4.69) is 20.1 Å². The van der Waals surface area contributed by atoms with Crippen molar-refractivity contribution < 1.29 is 29.0 Å². The van der Waals surface area contributed by atoms with Crippen molar-refractivity contribution in [1.82, 2.24) is 9.80 Å². The Morgan fingerprint density at radius 1 is 1.31 bits per heavy atom. The van der Waals surface area contributed by atoms with Crippen LogP contribution in [0.15, 0.2) is 25.3 Å². The molecule has 2 amide bonds. The summed E-state index contributed by atoms with van der Waals surface area (Å²) < 4.78 is 12.3. The Labute approximate surface area is 215 Å². The molecule has 0 aromatic carbocycles. The van der Waals surface area contributed by atoms with Crippen molar-refractivity contribution in [3.05, 3.63) is 25.3 Å². The van der Waals surface area contributed by atoms with Gasteiger partial charge in [0.15, 0.2) is 0 Å². The Kier molecular flexibility index (Phi) is 9.04. The van der Waals surface area contributed by atoms with E-state index in [0.29, 0.717) is 32.4 Å². The van der Waals surface area contributed by atoms with Gasteiger partial charge in [-0.25, -0.2) is 0 Å². The van der Waals surface area contributed by atoms with Gasteiger partial charge in [-0.2, -0.15) is 0 Å². The minimum atomic E-state index is -1.14. The Hall–Kier alpha value is -2.19. The summed E-state index contributed by atoms with van der Waals surface area (Å²) in [4.78, 5) is 45.0. The lowest BCUT2D eigenvalue weighted by Crippen LogP contribution is -2.59. The van der Waals surface area contributed by atoms with Gasteiger partial charge >= 0.3 is 5.97 Å². The minimum Gasteiger partial charge on any atom is -0.465 e. The molecule has 3 fully saturated rings. The minimum absolute atomic E-state index is 0.0593. The molecule has 7 atom stereocenters. The molecule has 1 spiro atoms. The van der Waals surface area contributed by atoms with Crippen molar-refractivity contribution in [2.75, 3.05) is 26.3 Å². The van der Waals surface area contributed by atoms with Gasteiger partial charge in [0.25, 0.3) is 0 Å². The molecule has 0 aromatic heterocycles. The first kappa shape index (κ1) is 28.4. The molecule has 3 heterocycles. The summed E-state index contributed by atoms with van der Waals surface area (Å²) in [5.41, 5.74) is -2.06. The third-order valence-electron chi connectivity index (χ3n) is 8.57. The second-order valence-electron chi connectivity index (χ2n) is 10.7. The van der Waals surface area contributed by atoms with Crippen molar-refractivity contribution in [1.29, 1.82) is 0 Å². The van der Waals surface area contributed by atoms with Crippen molar-refractivity contribution in [3.63, 3.8) is 0 Å². The highest BCUT2D eigenvalue weighted by Gasteiger charge is 2.80. The van der Waals surface area contributed by atoms with Crippen molar-refractivity contribution in [2.24, 2.45) is 17.8 Å². The standard InChI is InChI=1S/C28H44N2O6/c1-7-11-13-15-29(14-9-3)25(33)23-28-17-19(5)27(6,36-28)22(26(34)35-16-12-8-2)21(28)24(32)30(23)20(10-4)18-31/h8-9,19-23,31H,2-3,7,10-18H2,1,4-6H3/t19?,20-,21-,22+,23?,27-,28?/m0/s1. The quantitative estimate of drug-likeness (QED) is 0.222. The number of carbonyl (C=O) groups excluding carboxylic acids is 3. The van der Waals surface area contributed by atoms with Gasteiger partial charge in [-0.1, -0.05) is 45.8 Å². The highest BCUT2D eigenvalue weighted by Crippen LogP contribution is 2.65. The lowest BCUT2D eigenvalue weighted by molar-refractivity contribution is -0.163. The maximum atomic E-state index is 14.2. The number of likely N-dealkylation sites (tertiary alicyclic amines) is 1. The van der Waals surface area contributed by atoms with Crippen LogP contribution < -0.4 is 0 Å². The maximum Gasteiger partial charge on any atom is 0.312 e. The molecular weight excluding hydrogens is 460 g/mol. The molecule has 8 heteroatoms. The van der Waals surface area contributed by atoms with Gasteiger partial charge in [-0.15, -0.1) is 13.2 Å². The van der Waals surface area contributed by atoms with Gasteiger partial charge in [0.2, 0.25) is 11.8 Å². The number of hydrogen-bond acceptors (Lipinski definition) is 6. The molecule has 3 unspecified atom stereocenters. The summed E-state index contributed by atoms with van der Waals surface area (Å²) in [5.74, 6) is -2.68.